The van der Waals surface area contributed by atoms with Crippen LogP contribution in [0.5, 0.6) is 0 Å². The number of anilines is 2. The monoisotopic (exact) mass is 310 g/mol. The van der Waals surface area contributed by atoms with Crippen LogP contribution in [0, 0.1) is 13.8 Å². The number of aromatic nitrogens is 6. The van der Waals surface area contributed by atoms with Crippen molar-refractivity contribution in [3.63, 3.8) is 0 Å². The Bertz CT molecular complexity index is 820. The lowest BCUT2D eigenvalue weighted by Crippen LogP contribution is -2.47. The molecule has 0 spiro atoms. The van der Waals surface area contributed by atoms with E-state index in [1.54, 1.807) is 23.2 Å². The van der Waals surface area contributed by atoms with Gasteiger partial charge in [-0.25, -0.2) is 4.98 Å². The molecule has 0 saturated carbocycles. The molecule has 1 fully saturated rings. The first-order valence-corrected chi connectivity index (χ1v) is 7.67. The third-order valence-electron chi connectivity index (χ3n) is 4.37. The maximum Gasteiger partial charge on any atom is 0.201 e. The Balaban J connectivity index is 1.62. The van der Waals surface area contributed by atoms with Gasteiger partial charge in [0.2, 0.25) is 5.65 Å². The van der Waals surface area contributed by atoms with E-state index in [4.69, 9.17) is 0 Å². The third kappa shape index (κ3) is 2.36. The van der Waals surface area contributed by atoms with Crippen molar-refractivity contribution in [2.75, 3.05) is 36.0 Å². The predicted molar refractivity (Wildman–Crippen MR) is 86.7 cm³/mol. The second-order valence-electron chi connectivity index (χ2n) is 5.70. The molecule has 0 aromatic carbocycles. The van der Waals surface area contributed by atoms with Gasteiger partial charge in [0.25, 0.3) is 0 Å². The highest BCUT2D eigenvalue weighted by atomic mass is 15.4. The second kappa shape index (κ2) is 5.45. The Morgan fingerprint density at radius 3 is 2.52 bits per heavy atom. The first kappa shape index (κ1) is 13.9. The van der Waals surface area contributed by atoms with E-state index in [1.807, 2.05) is 13.1 Å². The molecule has 0 unspecified atom stereocenters. The van der Waals surface area contributed by atoms with Crippen LogP contribution in [0.3, 0.4) is 0 Å². The molecule has 1 aliphatic rings. The molecule has 3 aromatic heterocycles. The number of nitrogens with zero attached hydrogens (tertiary/aromatic N) is 8. The van der Waals surface area contributed by atoms with Crippen molar-refractivity contribution in [3.8, 4) is 0 Å². The van der Waals surface area contributed by atoms with E-state index < -0.39 is 0 Å². The summed E-state index contributed by atoms with van der Waals surface area (Å²) in [7, 11) is 0. The number of hydrogen-bond acceptors (Lipinski definition) is 7. The van der Waals surface area contributed by atoms with Gasteiger partial charge in [0, 0.05) is 38.6 Å². The standard InChI is InChI=1S/C15H18N8/c1-11-12(2)20-23-10-18-19-15(23)14(11)22-7-5-21(6-8-22)13-9-16-3-4-17-13/h3-4,9-10H,5-8H2,1-2H3. The van der Waals surface area contributed by atoms with Crippen LogP contribution >= 0.6 is 0 Å². The minimum Gasteiger partial charge on any atom is -0.365 e. The summed E-state index contributed by atoms with van der Waals surface area (Å²) in [5.74, 6) is 0.933. The molecule has 4 heterocycles. The van der Waals surface area contributed by atoms with Gasteiger partial charge in [0.05, 0.1) is 17.6 Å². The average molecular weight is 310 g/mol. The maximum atomic E-state index is 4.49. The molecule has 3 aromatic rings. The molecule has 1 aliphatic heterocycles. The highest BCUT2D eigenvalue weighted by molar-refractivity contribution is 5.73. The molecule has 0 aliphatic carbocycles. The number of aryl methyl sites for hydroxylation is 1. The third-order valence-corrected chi connectivity index (χ3v) is 4.37. The second-order valence-corrected chi connectivity index (χ2v) is 5.70. The zero-order valence-corrected chi connectivity index (χ0v) is 13.2. The first-order chi connectivity index (χ1) is 11.2. The Labute approximate surface area is 133 Å². The van der Waals surface area contributed by atoms with E-state index in [2.05, 4.69) is 42.0 Å². The molecule has 0 bridgehead atoms. The van der Waals surface area contributed by atoms with Crippen LogP contribution in [0.1, 0.15) is 11.3 Å². The van der Waals surface area contributed by atoms with Gasteiger partial charge in [-0.3, -0.25) is 4.98 Å². The molecule has 8 heteroatoms. The average Bonchev–Trinajstić information content (AvgIpc) is 3.05. The highest BCUT2D eigenvalue weighted by Gasteiger charge is 2.23. The smallest absolute Gasteiger partial charge is 0.201 e. The zero-order valence-electron chi connectivity index (χ0n) is 13.2. The van der Waals surface area contributed by atoms with Crippen LogP contribution < -0.4 is 9.80 Å². The maximum absolute atomic E-state index is 4.49. The summed E-state index contributed by atoms with van der Waals surface area (Å²) in [4.78, 5) is 13.2. The predicted octanol–water partition coefficient (Wildman–Crippen LogP) is 0.858. The molecule has 0 N–H and O–H groups in total. The van der Waals surface area contributed by atoms with Crippen molar-refractivity contribution >= 4 is 17.2 Å². The molecule has 23 heavy (non-hydrogen) atoms. The Kier molecular flexibility index (Phi) is 3.29. The number of piperazine rings is 1. The lowest BCUT2D eigenvalue weighted by molar-refractivity contribution is 0.643. The Morgan fingerprint density at radius 1 is 1.00 bits per heavy atom. The van der Waals surface area contributed by atoms with Gasteiger partial charge in [-0.2, -0.15) is 9.61 Å². The van der Waals surface area contributed by atoms with E-state index in [9.17, 15) is 0 Å². The van der Waals surface area contributed by atoms with E-state index in [0.717, 1.165) is 49.0 Å². The van der Waals surface area contributed by atoms with Crippen LogP contribution in [0.15, 0.2) is 24.9 Å². The fourth-order valence-electron chi connectivity index (χ4n) is 3.03. The SMILES string of the molecule is Cc1nn2cnnc2c(N2CCN(c3cnccn3)CC2)c1C. The van der Waals surface area contributed by atoms with E-state index in [0.29, 0.717) is 0 Å². The zero-order chi connectivity index (χ0) is 15.8. The minimum absolute atomic E-state index is 0.820. The molecular weight excluding hydrogens is 292 g/mol. The summed E-state index contributed by atoms with van der Waals surface area (Å²) in [6.45, 7) is 7.74. The van der Waals surface area contributed by atoms with Crippen LogP contribution in [-0.2, 0) is 0 Å². The molecular formula is C15H18N8. The normalized spacial score (nSPS) is 15.4. The molecule has 0 atom stereocenters. The van der Waals surface area contributed by atoms with Crippen LogP contribution in [0.2, 0.25) is 0 Å². The molecule has 4 rings (SSSR count). The minimum atomic E-state index is 0.820. The van der Waals surface area contributed by atoms with Gasteiger partial charge >= 0.3 is 0 Å². The summed E-state index contributed by atoms with van der Waals surface area (Å²) < 4.78 is 1.76. The van der Waals surface area contributed by atoms with Gasteiger partial charge < -0.3 is 9.80 Å². The number of fused-ring (bicyclic) bond motifs is 1. The van der Waals surface area contributed by atoms with Crippen molar-refractivity contribution in [1.82, 2.24) is 29.8 Å². The highest BCUT2D eigenvalue weighted by Crippen LogP contribution is 2.27. The van der Waals surface area contributed by atoms with Crippen molar-refractivity contribution in [2.24, 2.45) is 0 Å². The number of rotatable bonds is 2. The van der Waals surface area contributed by atoms with Crippen molar-refractivity contribution in [1.29, 1.82) is 0 Å². The fraction of sp³-hybridized carbons (Fsp3) is 0.400. The van der Waals surface area contributed by atoms with Crippen molar-refractivity contribution < 1.29 is 0 Å². The first-order valence-electron chi connectivity index (χ1n) is 7.67. The van der Waals surface area contributed by atoms with Crippen molar-refractivity contribution in [3.05, 3.63) is 36.2 Å². The lowest BCUT2D eigenvalue weighted by Gasteiger charge is -2.37. The van der Waals surface area contributed by atoms with E-state index in [1.165, 1.54) is 5.56 Å². The van der Waals surface area contributed by atoms with Gasteiger partial charge in [0.15, 0.2) is 0 Å². The summed E-state index contributed by atoms with van der Waals surface area (Å²) in [5, 5.41) is 12.7. The van der Waals surface area contributed by atoms with Gasteiger partial charge in [-0.1, -0.05) is 0 Å². The Morgan fingerprint density at radius 2 is 1.78 bits per heavy atom. The fourth-order valence-corrected chi connectivity index (χ4v) is 3.03. The molecule has 1 saturated heterocycles. The molecule has 0 amide bonds. The summed E-state index contributed by atoms with van der Waals surface area (Å²) in [6, 6.07) is 0. The molecule has 118 valence electrons. The van der Waals surface area contributed by atoms with Crippen molar-refractivity contribution in [2.45, 2.75) is 13.8 Å². The quantitative estimate of drug-likeness (QED) is 0.695. The van der Waals surface area contributed by atoms with E-state index >= 15 is 0 Å². The summed E-state index contributed by atoms with van der Waals surface area (Å²) in [6.07, 6.45) is 6.90. The lowest BCUT2D eigenvalue weighted by atomic mass is 10.1. The topological polar surface area (TPSA) is 75.3 Å². The Hall–Kier alpha value is -2.77. The van der Waals surface area contributed by atoms with Gasteiger partial charge in [-0.15, -0.1) is 10.2 Å². The van der Waals surface area contributed by atoms with Gasteiger partial charge in [0.1, 0.15) is 12.1 Å². The summed E-state index contributed by atoms with van der Waals surface area (Å²) in [5.41, 5.74) is 4.12. The van der Waals surface area contributed by atoms with Crippen LogP contribution in [0.25, 0.3) is 5.65 Å². The van der Waals surface area contributed by atoms with E-state index in [-0.39, 0.29) is 0 Å². The molecule has 8 nitrogen and oxygen atoms in total. The van der Waals surface area contributed by atoms with Crippen LogP contribution in [-0.4, -0.2) is 56.0 Å². The van der Waals surface area contributed by atoms with Crippen LogP contribution in [0.4, 0.5) is 11.5 Å². The largest absolute Gasteiger partial charge is 0.365 e. The summed E-state index contributed by atoms with van der Waals surface area (Å²) >= 11 is 0. The van der Waals surface area contributed by atoms with Gasteiger partial charge in [-0.05, 0) is 19.4 Å². The number of hydrogen-bond donors (Lipinski definition) is 0. The molecule has 0 radical (unpaired) electrons.